The molecule has 1 fully saturated rings. The van der Waals surface area contributed by atoms with Gasteiger partial charge in [0.15, 0.2) is 11.0 Å². The molecule has 2 atom stereocenters. The molecule has 4 aromatic rings. The molecule has 2 heterocycles. The number of urea groups is 1. The van der Waals surface area contributed by atoms with Crippen molar-refractivity contribution in [1.82, 2.24) is 14.8 Å². The number of para-hydroxylation sites is 1. The van der Waals surface area contributed by atoms with Crippen LogP contribution in [0, 0.1) is 11.3 Å². The van der Waals surface area contributed by atoms with Crippen LogP contribution in [0.3, 0.4) is 0 Å². The lowest BCUT2D eigenvalue weighted by molar-refractivity contribution is -0.274. The van der Waals surface area contributed by atoms with Crippen LogP contribution in [0.15, 0.2) is 89.1 Å². The Bertz CT molecular complexity index is 1750. The van der Waals surface area contributed by atoms with Crippen LogP contribution < -0.4 is 9.64 Å². The maximum absolute atomic E-state index is 12.8. The molecule has 1 saturated heterocycles. The fraction of sp³-hybridized carbons (Fsp3) is 0.250. The van der Waals surface area contributed by atoms with Gasteiger partial charge in [0.05, 0.1) is 11.8 Å². The highest BCUT2D eigenvalue weighted by Gasteiger charge is 2.31. The number of carbonyl (C=O) groups excluding carboxylic acids is 1. The number of aryl methyl sites for hydroxylation is 1. The molecule has 1 aromatic heterocycles. The number of nitriles is 1. The smallest absolute Gasteiger partial charge is 0.406 e. The molecule has 0 radical (unpaired) electrons. The number of benzene rings is 3. The molecule has 0 bridgehead atoms. The van der Waals surface area contributed by atoms with E-state index in [2.05, 4.69) is 55.7 Å². The molecule has 230 valence electrons. The predicted octanol–water partition coefficient (Wildman–Crippen LogP) is 7.58. The fourth-order valence-electron chi connectivity index (χ4n) is 4.78. The average molecular weight is 632 g/mol. The van der Waals surface area contributed by atoms with Crippen molar-refractivity contribution in [3.8, 4) is 28.9 Å². The van der Waals surface area contributed by atoms with Crippen molar-refractivity contribution in [2.24, 2.45) is 9.98 Å². The molecule has 45 heavy (non-hydrogen) atoms. The molecule has 13 heteroatoms. The summed E-state index contributed by atoms with van der Waals surface area (Å²) < 4.78 is 42.6. The number of carbonyl (C=O) groups is 1. The van der Waals surface area contributed by atoms with Crippen molar-refractivity contribution < 1.29 is 22.7 Å². The quantitative estimate of drug-likeness (QED) is 0.194. The van der Waals surface area contributed by atoms with Gasteiger partial charge in [-0.05, 0) is 61.2 Å². The molecule has 0 saturated carbocycles. The maximum atomic E-state index is 12.8. The van der Waals surface area contributed by atoms with E-state index in [9.17, 15) is 23.2 Å². The third-order valence-corrected chi connectivity index (χ3v) is 8.05. The molecule has 1 aliphatic heterocycles. The lowest BCUT2D eigenvalue weighted by Gasteiger charge is -2.36. The number of rotatable bonds is 7. The molecule has 9 nitrogen and oxygen atoms in total. The SMILES string of the molecule is CCc1ccccc1N1C(=NC(=O)N=CC(C#N)c2ccc(-c3ncn(-c4ccc(OC(F)(F)F)cc4)n3)cc2)SCCC1C. The Labute approximate surface area is 262 Å². The summed E-state index contributed by atoms with van der Waals surface area (Å²) in [5.41, 5.74) is 3.95. The summed E-state index contributed by atoms with van der Waals surface area (Å²) in [6.07, 6.45) is -0.238. The lowest BCUT2D eigenvalue weighted by Crippen LogP contribution is -2.42. The molecule has 5 rings (SSSR count). The number of hydrogen-bond acceptors (Lipinski definition) is 6. The lowest BCUT2D eigenvalue weighted by atomic mass is 10.0. The van der Waals surface area contributed by atoms with Crippen molar-refractivity contribution in [3.05, 3.63) is 90.3 Å². The van der Waals surface area contributed by atoms with Crippen LogP contribution in [-0.4, -0.2) is 50.3 Å². The van der Waals surface area contributed by atoms with E-state index in [0.29, 0.717) is 27.8 Å². The van der Waals surface area contributed by atoms with Crippen LogP contribution in [0.2, 0.25) is 0 Å². The Balaban J connectivity index is 1.27. The highest BCUT2D eigenvalue weighted by molar-refractivity contribution is 8.14. The van der Waals surface area contributed by atoms with Crippen LogP contribution in [0.5, 0.6) is 5.75 Å². The molecule has 2 amide bonds. The Morgan fingerprint density at radius 1 is 1.16 bits per heavy atom. The minimum absolute atomic E-state index is 0.166. The van der Waals surface area contributed by atoms with Gasteiger partial charge in [0, 0.05) is 29.3 Å². The van der Waals surface area contributed by atoms with Crippen LogP contribution >= 0.6 is 11.8 Å². The second-order valence-electron chi connectivity index (χ2n) is 10.1. The van der Waals surface area contributed by atoms with E-state index >= 15 is 0 Å². The van der Waals surface area contributed by atoms with Gasteiger partial charge < -0.3 is 9.64 Å². The average Bonchev–Trinajstić information content (AvgIpc) is 3.52. The molecule has 1 aliphatic rings. The predicted molar refractivity (Wildman–Crippen MR) is 168 cm³/mol. The summed E-state index contributed by atoms with van der Waals surface area (Å²) in [7, 11) is 0. The standard InChI is InChI=1S/C32H28F3N7O2S/c1-3-22-6-4-5-7-28(22)42-21(2)16-17-45-31(42)39-30(43)37-19-25(18-36)23-8-10-24(11-9-23)29-38-20-41(40-29)26-12-14-27(15-13-26)44-32(33,34)35/h4-15,19-21,25H,3,16-17H2,1-2H3. The number of ether oxygens (including phenoxy) is 1. The van der Waals surface area contributed by atoms with Crippen molar-refractivity contribution in [2.75, 3.05) is 10.7 Å². The van der Waals surface area contributed by atoms with Crippen LogP contribution in [0.25, 0.3) is 17.1 Å². The van der Waals surface area contributed by atoms with E-state index in [1.807, 2.05) is 18.2 Å². The number of nitrogens with zero attached hydrogens (tertiary/aromatic N) is 7. The molecular weight excluding hydrogens is 603 g/mol. The van der Waals surface area contributed by atoms with E-state index in [0.717, 1.165) is 24.3 Å². The minimum Gasteiger partial charge on any atom is -0.406 e. The summed E-state index contributed by atoms with van der Waals surface area (Å²) in [6, 6.07) is 21.9. The Morgan fingerprint density at radius 3 is 2.58 bits per heavy atom. The first-order valence-electron chi connectivity index (χ1n) is 14.1. The number of hydrogen-bond donors (Lipinski definition) is 0. The number of halogens is 3. The molecular formula is C32H28F3N7O2S. The number of thioether (sulfide) groups is 1. The number of aliphatic imine (C=N–C) groups is 2. The summed E-state index contributed by atoms with van der Waals surface area (Å²) >= 11 is 1.51. The maximum Gasteiger partial charge on any atom is 0.573 e. The molecule has 0 spiro atoms. The Kier molecular flexibility index (Phi) is 9.63. The number of amides is 2. The highest BCUT2D eigenvalue weighted by atomic mass is 32.2. The zero-order valence-corrected chi connectivity index (χ0v) is 25.2. The van der Waals surface area contributed by atoms with Gasteiger partial charge in [-0.2, -0.15) is 10.3 Å². The van der Waals surface area contributed by atoms with Gasteiger partial charge in [-0.15, -0.1) is 18.3 Å². The largest absolute Gasteiger partial charge is 0.573 e. The highest BCUT2D eigenvalue weighted by Crippen LogP contribution is 2.32. The van der Waals surface area contributed by atoms with E-state index in [1.165, 1.54) is 58.8 Å². The normalized spacial score (nSPS) is 16.9. The molecule has 0 aliphatic carbocycles. The second kappa shape index (κ2) is 13.8. The number of amidine groups is 1. The zero-order chi connectivity index (χ0) is 32.0. The van der Waals surface area contributed by atoms with E-state index in [-0.39, 0.29) is 11.8 Å². The van der Waals surface area contributed by atoms with E-state index in [4.69, 9.17) is 0 Å². The van der Waals surface area contributed by atoms with Gasteiger partial charge >= 0.3 is 12.4 Å². The molecule has 2 unspecified atom stereocenters. The van der Waals surface area contributed by atoms with E-state index in [1.54, 1.807) is 24.3 Å². The summed E-state index contributed by atoms with van der Waals surface area (Å²) in [5, 5.41) is 14.8. The van der Waals surface area contributed by atoms with Crippen LogP contribution in [0.4, 0.5) is 23.7 Å². The van der Waals surface area contributed by atoms with E-state index < -0.39 is 18.3 Å². The number of alkyl halides is 3. The van der Waals surface area contributed by atoms with Crippen LogP contribution in [-0.2, 0) is 6.42 Å². The van der Waals surface area contributed by atoms with Crippen molar-refractivity contribution in [1.29, 1.82) is 5.26 Å². The summed E-state index contributed by atoms with van der Waals surface area (Å²) in [4.78, 5) is 27.5. The van der Waals surface area contributed by atoms with Crippen LogP contribution in [0.1, 0.15) is 37.3 Å². The Morgan fingerprint density at radius 2 is 1.89 bits per heavy atom. The van der Waals surface area contributed by atoms with Gasteiger partial charge in [-0.25, -0.2) is 19.5 Å². The second-order valence-corrected chi connectivity index (χ2v) is 11.1. The minimum atomic E-state index is -4.77. The first-order chi connectivity index (χ1) is 21.6. The summed E-state index contributed by atoms with van der Waals surface area (Å²) in [6.45, 7) is 4.20. The third kappa shape index (κ3) is 7.77. The third-order valence-electron chi connectivity index (χ3n) is 7.06. The van der Waals surface area contributed by atoms with Crippen molar-refractivity contribution >= 4 is 34.9 Å². The van der Waals surface area contributed by atoms with Gasteiger partial charge in [-0.3, -0.25) is 0 Å². The first kappa shape index (κ1) is 31.5. The summed E-state index contributed by atoms with van der Waals surface area (Å²) in [5.74, 6) is 0.0828. The Hall–Kier alpha value is -4.96. The molecule has 3 aromatic carbocycles. The van der Waals surface area contributed by atoms with Gasteiger partial charge in [0.2, 0.25) is 0 Å². The first-order valence-corrected chi connectivity index (χ1v) is 15.1. The van der Waals surface area contributed by atoms with Gasteiger partial charge in [0.25, 0.3) is 0 Å². The fourth-order valence-corrected chi connectivity index (χ4v) is 5.98. The van der Waals surface area contributed by atoms with Crippen molar-refractivity contribution in [2.45, 2.75) is 45.0 Å². The number of aromatic nitrogens is 3. The van der Waals surface area contributed by atoms with Gasteiger partial charge in [-0.1, -0.05) is 61.2 Å². The monoisotopic (exact) mass is 631 g/mol. The zero-order valence-electron chi connectivity index (χ0n) is 24.3. The number of anilines is 1. The van der Waals surface area contributed by atoms with Crippen molar-refractivity contribution in [3.63, 3.8) is 0 Å². The van der Waals surface area contributed by atoms with Gasteiger partial charge in [0.1, 0.15) is 18.0 Å². The molecule has 0 N–H and O–H groups in total. The topological polar surface area (TPSA) is 109 Å².